The largest absolute Gasteiger partial charge is 0.490 e. The standard InChI is InChI=1S/C34H43F2N3O5S/c1-2-45(42,43)39-30(40)17-22-10-13-29(27(16-22)26-8-4-9-28(35)31(26)23-6-3-7-23)44-25-12-11-24(18-25)38-32(41)34(36)19-33(14-5-15-33)20-37-21-34/h4,8-10,13,16,23-25,37H,2-3,5-7,11-12,14-15,17-21H2,1H3,(H,38,41)(H,39,40)/t24-,25-,34+/m1/s1. The highest BCUT2D eigenvalue weighted by Crippen LogP contribution is 2.49. The lowest BCUT2D eigenvalue weighted by Gasteiger charge is -2.49. The fourth-order valence-corrected chi connectivity index (χ4v) is 8.02. The van der Waals surface area contributed by atoms with E-state index in [0.29, 0.717) is 47.3 Å². The van der Waals surface area contributed by atoms with E-state index in [0.717, 1.165) is 45.1 Å². The zero-order chi connectivity index (χ0) is 31.8. The molecule has 4 aliphatic rings. The Morgan fingerprint density at radius 1 is 1.04 bits per heavy atom. The van der Waals surface area contributed by atoms with E-state index in [1.165, 1.54) is 13.0 Å². The Labute approximate surface area is 264 Å². The van der Waals surface area contributed by atoms with Crippen LogP contribution in [0.25, 0.3) is 11.1 Å². The average molecular weight is 644 g/mol. The third kappa shape index (κ3) is 6.89. The molecule has 8 nitrogen and oxygen atoms in total. The number of amides is 2. The van der Waals surface area contributed by atoms with Gasteiger partial charge in [-0.1, -0.05) is 31.0 Å². The van der Waals surface area contributed by atoms with E-state index in [2.05, 4.69) is 15.4 Å². The Bertz CT molecular complexity index is 1560. The van der Waals surface area contributed by atoms with Crippen molar-refractivity contribution < 1.29 is 31.5 Å². The van der Waals surface area contributed by atoms with Crippen molar-refractivity contribution in [2.45, 2.75) is 101 Å². The quantitative estimate of drug-likeness (QED) is 0.334. The van der Waals surface area contributed by atoms with E-state index in [1.807, 2.05) is 6.07 Å². The molecule has 244 valence electrons. The van der Waals surface area contributed by atoms with Crippen LogP contribution in [0, 0.1) is 11.2 Å². The second-order valence-corrected chi connectivity index (χ2v) is 15.6. The molecule has 0 bridgehead atoms. The highest BCUT2D eigenvalue weighted by Gasteiger charge is 2.52. The fourth-order valence-electron chi connectivity index (χ4n) is 7.46. The molecule has 1 saturated heterocycles. The van der Waals surface area contributed by atoms with Crippen LogP contribution in [-0.2, 0) is 26.0 Å². The maximum absolute atomic E-state index is 15.8. The zero-order valence-corrected chi connectivity index (χ0v) is 26.6. The molecule has 45 heavy (non-hydrogen) atoms. The lowest BCUT2D eigenvalue weighted by Crippen LogP contribution is -2.61. The second kappa shape index (κ2) is 12.6. The van der Waals surface area contributed by atoms with E-state index in [-0.39, 0.29) is 54.4 Å². The van der Waals surface area contributed by atoms with Gasteiger partial charge in [-0.15, -0.1) is 0 Å². The Morgan fingerprint density at radius 3 is 2.53 bits per heavy atom. The van der Waals surface area contributed by atoms with E-state index >= 15 is 8.78 Å². The van der Waals surface area contributed by atoms with Gasteiger partial charge in [0.2, 0.25) is 21.6 Å². The Hall–Kier alpha value is -3.05. The van der Waals surface area contributed by atoms with Gasteiger partial charge in [-0.2, -0.15) is 0 Å². The van der Waals surface area contributed by atoms with Crippen LogP contribution in [0.3, 0.4) is 0 Å². The number of sulfonamides is 1. The summed E-state index contributed by atoms with van der Waals surface area (Å²) in [4.78, 5) is 25.7. The number of halogens is 2. The lowest BCUT2D eigenvalue weighted by molar-refractivity contribution is -0.139. The molecule has 0 unspecified atom stereocenters. The van der Waals surface area contributed by atoms with Gasteiger partial charge in [0.25, 0.3) is 5.91 Å². The molecule has 3 aliphatic carbocycles. The number of carbonyl (C=O) groups excluding carboxylic acids is 2. The summed E-state index contributed by atoms with van der Waals surface area (Å²) >= 11 is 0. The number of hydrogen-bond acceptors (Lipinski definition) is 6. The molecular weight excluding hydrogens is 600 g/mol. The minimum absolute atomic E-state index is 0.0301. The molecule has 2 aromatic rings. The number of nitrogens with one attached hydrogen (secondary N) is 3. The molecule has 3 saturated carbocycles. The fraction of sp³-hybridized carbons (Fsp3) is 0.588. The number of ether oxygens (including phenoxy) is 1. The van der Waals surface area contributed by atoms with Crippen molar-refractivity contribution in [2.75, 3.05) is 18.8 Å². The van der Waals surface area contributed by atoms with Gasteiger partial charge in [-0.25, -0.2) is 17.2 Å². The third-order valence-electron chi connectivity index (χ3n) is 10.3. The summed E-state index contributed by atoms with van der Waals surface area (Å²) < 4.78 is 63.6. The molecule has 6 rings (SSSR count). The smallest absolute Gasteiger partial charge is 0.259 e. The average Bonchev–Trinajstić information content (AvgIpc) is 3.39. The molecule has 3 atom stereocenters. The summed E-state index contributed by atoms with van der Waals surface area (Å²) in [5.74, 6) is -1.09. The number of rotatable bonds is 10. The lowest BCUT2D eigenvalue weighted by atomic mass is 9.61. The van der Waals surface area contributed by atoms with E-state index < -0.39 is 27.5 Å². The van der Waals surface area contributed by atoms with Gasteiger partial charge in [0.1, 0.15) is 17.7 Å². The summed E-state index contributed by atoms with van der Waals surface area (Å²) in [6.07, 6.45) is 7.45. The molecule has 0 aromatic heterocycles. The number of benzene rings is 2. The first-order chi connectivity index (χ1) is 21.5. The summed E-state index contributed by atoms with van der Waals surface area (Å²) in [5.41, 5.74) is 0.496. The predicted octanol–water partition coefficient (Wildman–Crippen LogP) is 5.06. The van der Waals surface area contributed by atoms with Gasteiger partial charge < -0.3 is 15.4 Å². The van der Waals surface area contributed by atoms with Crippen molar-refractivity contribution in [2.24, 2.45) is 5.41 Å². The van der Waals surface area contributed by atoms with Gasteiger partial charge in [-0.05, 0) is 98.1 Å². The molecular formula is C34H43F2N3O5S. The maximum atomic E-state index is 15.8. The maximum Gasteiger partial charge on any atom is 0.259 e. The molecule has 1 aliphatic heterocycles. The van der Waals surface area contributed by atoms with Gasteiger partial charge >= 0.3 is 0 Å². The monoisotopic (exact) mass is 643 g/mol. The summed E-state index contributed by atoms with van der Waals surface area (Å²) in [5, 5.41) is 6.11. The van der Waals surface area contributed by atoms with Gasteiger partial charge in [-0.3, -0.25) is 14.3 Å². The molecule has 4 fully saturated rings. The molecule has 0 radical (unpaired) electrons. The number of hydrogen-bond donors (Lipinski definition) is 3. The molecule has 2 amide bonds. The van der Waals surface area contributed by atoms with E-state index in [4.69, 9.17) is 4.74 Å². The third-order valence-corrected chi connectivity index (χ3v) is 11.6. The van der Waals surface area contributed by atoms with Crippen molar-refractivity contribution in [3.63, 3.8) is 0 Å². The van der Waals surface area contributed by atoms with E-state index in [9.17, 15) is 18.0 Å². The van der Waals surface area contributed by atoms with Crippen LogP contribution in [0.5, 0.6) is 5.75 Å². The molecule has 3 N–H and O–H groups in total. The van der Waals surface area contributed by atoms with Crippen molar-refractivity contribution >= 4 is 21.8 Å². The van der Waals surface area contributed by atoms with Crippen molar-refractivity contribution in [3.8, 4) is 16.9 Å². The molecule has 2 aromatic carbocycles. The van der Waals surface area contributed by atoms with Crippen LogP contribution in [-0.4, -0.2) is 56.9 Å². The normalized spacial score (nSPS) is 26.1. The van der Waals surface area contributed by atoms with Crippen LogP contribution >= 0.6 is 0 Å². The number of alkyl halides is 1. The highest BCUT2D eigenvalue weighted by atomic mass is 32.2. The first kappa shape index (κ1) is 31.9. The summed E-state index contributed by atoms with van der Waals surface area (Å²) in [6, 6.07) is 9.99. The Morgan fingerprint density at radius 2 is 1.84 bits per heavy atom. The first-order valence-corrected chi connectivity index (χ1v) is 18.0. The van der Waals surface area contributed by atoms with Gasteiger partial charge in [0.05, 0.1) is 12.2 Å². The topological polar surface area (TPSA) is 114 Å². The van der Waals surface area contributed by atoms with E-state index in [1.54, 1.807) is 24.3 Å². The molecule has 11 heteroatoms. The van der Waals surface area contributed by atoms with Crippen LogP contribution in [0.4, 0.5) is 8.78 Å². The SMILES string of the molecule is CCS(=O)(=O)NC(=O)Cc1ccc(O[C@@H]2CC[C@@H](NC(=O)[C@@]3(F)CNCC4(CCC4)C3)C2)c(-c2cccc(F)c2C2CCC2)c1. The van der Waals surface area contributed by atoms with Crippen LogP contribution in [0.15, 0.2) is 36.4 Å². The molecule has 1 heterocycles. The van der Waals surface area contributed by atoms with Gasteiger partial charge in [0, 0.05) is 31.1 Å². The predicted molar refractivity (Wildman–Crippen MR) is 168 cm³/mol. The second-order valence-electron chi connectivity index (χ2n) is 13.6. The number of piperidine rings is 1. The minimum Gasteiger partial charge on any atom is -0.490 e. The number of carbonyl (C=O) groups is 2. The van der Waals surface area contributed by atoms with Crippen molar-refractivity contribution in [1.82, 2.24) is 15.4 Å². The summed E-state index contributed by atoms with van der Waals surface area (Å²) in [7, 11) is -3.70. The van der Waals surface area contributed by atoms with Crippen molar-refractivity contribution in [1.29, 1.82) is 0 Å². The minimum atomic E-state index is -3.70. The Balaban J connectivity index is 1.20. The zero-order valence-electron chi connectivity index (χ0n) is 25.8. The summed E-state index contributed by atoms with van der Waals surface area (Å²) in [6.45, 7) is 2.25. The Kier molecular flexibility index (Phi) is 8.95. The van der Waals surface area contributed by atoms with Crippen molar-refractivity contribution in [3.05, 3.63) is 53.3 Å². The van der Waals surface area contributed by atoms with Gasteiger partial charge in [0.15, 0.2) is 0 Å². The highest BCUT2D eigenvalue weighted by molar-refractivity contribution is 7.90. The van der Waals surface area contributed by atoms with Crippen LogP contribution in [0.2, 0.25) is 0 Å². The first-order valence-electron chi connectivity index (χ1n) is 16.3. The van der Waals surface area contributed by atoms with Crippen LogP contribution in [0.1, 0.15) is 88.2 Å². The van der Waals surface area contributed by atoms with Crippen LogP contribution < -0.4 is 20.1 Å². The molecule has 1 spiro atoms.